The van der Waals surface area contributed by atoms with Gasteiger partial charge in [-0.3, -0.25) is 9.59 Å². The first-order valence-corrected chi connectivity index (χ1v) is 6.75. The number of benzene rings is 2. The summed E-state index contributed by atoms with van der Waals surface area (Å²) >= 11 is 0. The van der Waals surface area contributed by atoms with E-state index in [4.69, 9.17) is 0 Å². The molecule has 0 aliphatic heterocycles. The van der Waals surface area contributed by atoms with E-state index in [0.717, 1.165) is 5.39 Å². The number of hydrogen-bond donors (Lipinski definition) is 2. The van der Waals surface area contributed by atoms with Crippen molar-refractivity contribution in [1.82, 2.24) is 4.98 Å². The number of anilines is 1. The third kappa shape index (κ3) is 2.48. The summed E-state index contributed by atoms with van der Waals surface area (Å²) in [6, 6.07) is 13.1. The van der Waals surface area contributed by atoms with Crippen LogP contribution >= 0.6 is 0 Å². The van der Waals surface area contributed by atoms with Crippen molar-refractivity contribution in [1.29, 1.82) is 0 Å². The summed E-state index contributed by atoms with van der Waals surface area (Å²) in [5, 5.41) is 3.35. The molecule has 1 aromatic heterocycles. The van der Waals surface area contributed by atoms with Crippen LogP contribution in [0.25, 0.3) is 22.0 Å². The van der Waals surface area contributed by atoms with Gasteiger partial charge in [-0.25, -0.2) is 4.39 Å². The number of carbonyl (C=O) groups excluding carboxylic acids is 1. The van der Waals surface area contributed by atoms with Crippen LogP contribution in [0.2, 0.25) is 0 Å². The lowest BCUT2D eigenvalue weighted by molar-refractivity contribution is -0.114. The van der Waals surface area contributed by atoms with Crippen LogP contribution in [0.3, 0.4) is 0 Å². The van der Waals surface area contributed by atoms with Gasteiger partial charge >= 0.3 is 0 Å². The fraction of sp³-hybridized carbons (Fsp3) is 0.0588. The van der Waals surface area contributed by atoms with Gasteiger partial charge in [-0.1, -0.05) is 30.3 Å². The van der Waals surface area contributed by atoms with Gasteiger partial charge in [0, 0.05) is 23.4 Å². The third-order valence-electron chi connectivity index (χ3n) is 3.36. The Morgan fingerprint density at radius 2 is 1.77 bits per heavy atom. The molecule has 3 rings (SSSR count). The Bertz CT molecular complexity index is 914. The van der Waals surface area contributed by atoms with Crippen molar-refractivity contribution in [3.05, 3.63) is 64.7 Å². The second-order valence-electron chi connectivity index (χ2n) is 4.94. The number of nitrogens with one attached hydrogen (secondary N) is 2. The molecule has 0 radical (unpaired) electrons. The Morgan fingerprint density at radius 1 is 1.09 bits per heavy atom. The number of pyridine rings is 1. The van der Waals surface area contributed by atoms with Gasteiger partial charge < -0.3 is 10.3 Å². The van der Waals surface area contributed by atoms with Gasteiger partial charge in [0.25, 0.3) is 5.56 Å². The van der Waals surface area contributed by atoms with Gasteiger partial charge in [-0.05, 0) is 23.8 Å². The third-order valence-corrected chi connectivity index (χ3v) is 3.36. The minimum atomic E-state index is -0.395. The number of aromatic nitrogens is 1. The highest BCUT2D eigenvalue weighted by Crippen LogP contribution is 2.32. The maximum atomic E-state index is 13.2. The average Bonchev–Trinajstić information content (AvgIpc) is 2.49. The highest BCUT2D eigenvalue weighted by Gasteiger charge is 2.15. The number of para-hydroxylation sites is 1. The van der Waals surface area contributed by atoms with Crippen LogP contribution < -0.4 is 10.9 Å². The molecule has 0 aliphatic carbocycles. The average molecular weight is 296 g/mol. The lowest BCUT2D eigenvalue weighted by Gasteiger charge is -2.13. The quantitative estimate of drug-likeness (QED) is 0.762. The van der Waals surface area contributed by atoms with Crippen molar-refractivity contribution in [3.8, 4) is 11.1 Å². The summed E-state index contributed by atoms with van der Waals surface area (Å²) in [4.78, 5) is 26.4. The van der Waals surface area contributed by atoms with E-state index in [1.807, 2.05) is 18.2 Å². The molecular weight excluding hydrogens is 283 g/mol. The number of carbonyl (C=O) groups is 1. The summed E-state index contributed by atoms with van der Waals surface area (Å²) in [5.41, 5.74) is 1.66. The highest BCUT2D eigenvalue weighted by molar-refractivity contribution is 6.04. The first kappa shape index (κ1) is 14.0. The SMILES string of the molecule is CC(=O)Nc1c(-c2ccc(F)cc2)c2ccccc2[nH]c1=O. The van der Waals surface area contributed by atoms with Crippen molar-refractivity contribution in [2.75, 3.05) is 5.32 Å². The molecule has 4 nitrogen and oxygen atoms in total. The van der Waals surface area contributed by atoms with Crippen LogP contribution in [0.5, 0.6) is 0 Å². The fourth-order valence-corrected chi connectivity index (χ4v) is 2.45. The number of amides is 1. The predicted octanol–water partition coefficient (Wildman–Crippen LogP) is 3.29. The van der Waals surface area contributed by atoms with Crippen molar-refractivity contribution >= 4 is 22.5 Å². The van der Waals surface area contributed by atoms with Crippen molar-refractivity contribution in [2.45, 2.75) is 6.92 Å². The molecule has 5 heteroatoms. The lowest BCUT2D eigenvalue weighted by atomic mass is 9.99. The molecule has 0 fully saturated rings. The molecule has 3 aromatic rings. The minimum absolute atomic E-state index is 0.165. The molecule has 0 atom stereocenters. The zero-order chi connectivity index (χ0) is 15.7. The smallest absolute Gasteiger partial charge is 0.272 e. The normalized spacial score (nSPS) is 10.6. The maximum absolute atomic E-state index is 13.2. The molecule has 0 saturated heterocycles. The number of hydrogen-bond acceptors (Lipinski definition) is 2. The summed E-state index contributed by atoms with van der Waals surface area (Å²) in [7, 11) is 0. The van der Waals surface area contributed by atoms with E-state index in [1.54, 1.807) is 18.2 Å². The summed E-state index contributed by atoms with van der Waals surface area (Å²) in [5.74, 6) is -0.705. The molecule has 2 N–H and O–H groups in total. The second-order valence-corrected chi connectivity index (χ2v) is 4.94. The molecule has 1 amide bonds. The van der Waals surface area contributed by atoms with E-state index in [-0.39, 0.29) is 17.4 Å². The summed E-state index contributed by atoms with van der Waals surface area (Å²) < 4.78 is 13.2. The molecular formula is C17H13FN2O2. The molecule has 1 heterocycles. The zero-order valence-electron chi connectivity index (χ0n) is 11.8. The number of H-pyrrole nitrogens is 1. The predicted molar refractivity (Wildman–Crippen MR) is 84.3 cm³/mol. The standard InChI is InChI=1S/C17H13FN2O2/c1-10(21)19-16-15(11-6-8-12(18)9-7-11)13-4-2-3-5-14(13)20-17(16)22/h2-9H,1H3,(H,19,21)(H,20,22). The molecule has 2 aromatic carbocycles. The number of rotatable bonds is 2. The first-order valence-electron chi connectivity index (χ1n) is 6.75. The van der Waals surface area contributed by atoms with Gasteiger partial charge in [0.1, 0.15) is 11.5 Å². The topological polar surface area (TPSA) is 62.0 Å². The van der Waals surface area contributed by atoms with Crippen LogP contribution in [0.4, 0.5) is 10.1 Å². The van der Waals surface area contributed by atoms with E-state index in [0.29, 0.717) is 16.6 Å². The fourth-order valence-electron chi connectivity index (χ4n) is 2.45. The molecule has 22 heavy (non-hydrogen) atoms. The van der Waals surface area contributed by atoms with E-state index in [1.165, 1.54) is 19.1 Å². The van der Waals surface area contributed by atoms with Gasteiger partial charge in [-0.2, -0.15) is 0 Å². The Labute approximate surface area is 125 Å². The highest BCUT2D eigenvalue weighted by atomic mass is 19.1. The molecule has 0 bridgehead atoms. The van der Waals surface area contributed by atoms with Gasteiger partial charge in [-0.15, -0.1) is 0 Å². The maximum Gasteiger partial charge on any atom is 0.272 e. The second kappa shape index (κ2) is 5.44. The van der Waals surface area contributed by atoms with Gasteiger partial charge in [0.05, 0.1) is 0 Å². The van der Waals surface area contributed by atoms with E-state index in [9.17, 15) is 14.0 Å². The van der Waals surface area contributed by atoms with Crippen LogP contribution in [0.1, 0.15) is 6.92 Å². The van der Waals surface area contributed by atoms with Gasteiger partial charge in [0.2, 0.25) is 5.91 Å². The number of aromatic amines is 1. The molecule has 0 unspecified atom stereocenters. The zero-order valence-corrected chi connectivity index (χ0v) is 11.8. The Kier molecular flexibility index (Phi) is 3.47. The summed E-state index contributed by atoms with van der Waals surface area (Å²) in [6.07, 6.45) is 0. The van der Waals surface area contributed by atoms with Crippen LogP contribution in [-0.2, 0) is 4.79 Å². The monoisotopic (exact) mass is 296 g/mol. The lowest BCUT2D eigenvalue weighted by Crippen LogP contribution is -2.19. The Morgan fingerprint density at radius 3 is 2.45 bits per heavy atom. The largest absolute Gasteiger partial charge is 0.321 e. The van der Waals surface area contributed by atoms with E-state index < -0.39 is 5.56 Å². The Hall–Kier alpha value is -2.95. The molecule has 110 valence electrons. The first-order chi connectivity index (χ1) is 10.6. The van der Waals surface area contributed by atoms with Crippen LogP contribution in [0, 0.1) is 5.82 Å². The van der Waals surface area contributed by atoms with Crippen molar-refractivity contribution < 1.29 is 9.18 Å². The molecule has 0 spiro atoms. The van der Waals surface area contributed by atoms with E-state index in [2.05, 4.69) is 10.3 Å². The number of halogens is 1. The van der Waals surface area contributed by atoms with E-state index >= 15 is 0 Å². The van der Waals surface area contributed by atoms with Crippen LogP contribution in [-0.4, -0.2) is 10.9 Å². The Balaban J connectivity index is 2.39. The van der Waals surface area contributed by atoms with Crippen molar-refractivity contribution in [3.63, 3.8) is 0 Å². The minimum Gasteiger partial charge on any atom is -0.321 e. The van der Waals surface area contributed by atoms with Crippen molar-refractivity contribution in [2.24, 2.45) is 0 Å². The molecule has 0 aliphatic rings. The van der Waals surface area contributed by atoms with Gasteiger partial charge in [0.15, 0.2) is 0 Å². The molecule has 0 saturated carbocycles. The summed E-state index contributed by atoms with van der Waals surface area (Å²) in [6.45, 7) is 1.34. The van der Waals surface area contributed by atoms with Crippen LogP contribution in [0.15, 0.2) is 53.3 Å². The number of fused-ring (bicyclic) bond motifs is 1.